The Morgan fingerprint density at radius 1 is 0.526 bits per heavy atom. The van der Waals surface area contributed by atoms with Crippen LogP contribution in [0.4, 0.5) is 0 Å². The maximum absolute atomic E-state index is 6.58. The summed E-state index contributed by atoms with van der Waals surface area (Å²) in [5, 5.41) is 7.83. The average molecular weight is 751 g/mol. The molecule has 0 radical (unpaired) electrons. The summed E-state index contributed by atoms with van der Waals surface area (Å²) >= 11 is 1.88. The van der Waals surface area contributed by atoms with Gasteiger partial charge in [0.2, 0.25) is 0 Å². The molecule has 0 saturated carbocycles. The number of thiophene rings is 1. The van der Waals surface area contributed by atoms with E-state index in [1.165, 1.54) is 63.8 Å². The molecule has 0 atom stereocenters. The zero-order valence-electron chi connectivity index (χ0n) is 31.1. The van der Waals surface area contributed by atoms with Crippen molar-refractivity contribution in [2.24, 2.45) is 10.7 Å². The number of benzene rings is 8. The summed E-state index contributed by atoms with van der Waals surface area (Å²) in [7, 11) is 0. The van der Waals surface area contributed by atoms with Gasteiger partial charge in [0.1, 0.15) is 0 Å². The number of nitrogens with zero attached hydrogens (tertiary/aromatic N) is 2. The van der Waals surface area contributed by atoms with Gasteiger partial charge in [0.05, 0.1) is 23.3 Å². The summed E-state index contributed by atoms with van der Waals surface area (Å²) in [6.07, 6.45) is 1.99. The number of hydrogen-bond donors (Lipinski definition) is 2. The average Bonchev–Trinajstić information content (AvgIpc) is 3.96. The molecule has 3 heterocycles. The van der Waals surface area contributed by atoms with Crippen molar-refractivity contribution in [1.82, 2.24) is 9.55 Å². The smallest absolute Gasteiger partial charge is 0.0671 e. The van der Waals surface area contributed by atoms with Gasteiger partial charge in [0.15, 0.2) is 0 Å². The highest BCUT2D eigenvalue weighted by Crippen LogP contribution is 2.43. The highest BCUT2D eigenvalue weighted by molar-refractivity contribution is 7.26. The van der Waals surface area contributed by atoms with Crippen LogP contribution in [0.15, 0.2) is 205 Å². The van der Waals surface area contributed by atoms with Gasteiger partial charge in [-0.2, -0.15) is 0 Å². The van der Waals surface area contributed by atoms with Crippen molar-refractivity contribution in [2.45, 2.75) is 6.54 Å². The van der Waals surface area contributed by atoms with Gasteiger partial charge in [0.25, 0.3) is 0 Å². The van der Waals surface area contributed by atoms with E-state index in [1.807, 2.05) is 65.9 Å². The van der Waals surface area contributed by atoms with Gasteiger partial charge in [0, 0.05) is 64.1 Å². The fraction of sp³-hybridized carbons (Fsp3) is 0.0192. The molecule has 272 valence electrons. The Labute approximate surface area is 334 Å². The molecule has 0 bridgehead atoms. The number of aromatic nitrogens is 2. The molecule has 5 heteroatoms. The largest absolute Gasteiger partial charge is 0.398 e. The van der Waals surface area contributed by atoms with Crippen LogP contribution < -0.4 is 5.73 Å². The van der Waals surface area contributed by atoms with E-state index in [2.05, 4.69) is 155 Å². The number of nitrogens with two attached hydrogens (primary N) is 1. The molecule has 0 amide bonds. The Morgan fingerprint density at radius 2 is 1.12 bits per heavy atom. The van der Waals surface area contributed by atoms with E-state index in [9.17, 15) is 0 Å². The number of aromatic amines is 1. The van der Waals surface area contributed by atoms with Crippen molar-refractivity contribution in [3.05, 3.63) is 217 Å². The SMILES string of the molecule is N/C(=C\C(=NCc1ccccc1)c1ccc(-n2c3ccccc3c3c4sc5ccccc5c4ccc32)cc1)c1ccccc1.c1ccc2c(c1)[nH]c1ccccc12. The second-order valence-electron chi connectivity index (χ2n) is 14.2. The van der Waals surface area contributed by atoms with Gasteiger partial charge in [-0.25, -0.2) is 0 Å². The lowest BCUT2D eigenvalue weighted by Crippen LogP contribution is -2.05. The number of nitrogens with one attached hydrogen (secondary N) is 1. The van der Waals surface area contributed by atoms with Gasteiger partial charge in [-0.05, 0) is 65.2 Å². The van der Waals surface area contributed by atoms with Crippen molar-refractivity contribution in [3.63, 3.8) is 0 Å². The monoisotopic (exact) mass is 750 g/mol. The molecule has 8 aromatic carbocycles. The predicted octanol–water partition coefficient (Wildman–Crippen LogP) is 13.5. The molecular formula is C52H38N4S. The van der Waals surface area contributed by atoms with Crippen molar-refractivity contribution in [1.29, 1.82) is 0 Å². The molecule has 0 unspecified atom stereocenters. The first-order valence-electron chi connectivity index (χ1n) is 19.2. The van der Waals surface area contributed by atoms with Gasteiger partial charge in [-0.1, -0.05) is 152 Å². The Hall–Kier alpha value is -7.21. The first-order valence-corrected chi connectivity index (χ1v) is 20.0. The summed E-state index contributed by atoms with van der Waals surface area (Å²) in [6, 6.07) is 67.9. The quantitative estimate of drug-likeness (QED) is 0.163. The third kappa shape index (κ3) is 6.44. The first kappa shape index (κ1) is 34.3. The molecule has 57 heavy (non-hydrogen) atoms. The van der Waals surface area contributed by atoms with Gasteiger partial charge in [-0.3, -0.25) is 4.99 Å². The summed E-state index contributed by atoms with van der Waals surface area (Å²) < 4.78 is 5.04. The molecule has 0 spiro atoms. The van der Waals surface area contributed by atoms with E-state index in [1.54, 1.807) is 0 Å². The van der Waals surface area contributed by atoms with Crippen LogP contribution in [-0.2, 0) is 6.54 Å². The van der Waals surface area contributed by atoms with Gasteiger partial charge in [-0.15, -0.1) is 11.3 Å². The standard InChI is InChI=1S/C40H29N3S.C12H9N/c41-34(28-13-5-2-6-14-28)25-35(42-26-27-11-3-1-4-12-27)29-19-21-30(22-20-29)43-36-17-9-7-16-33(36)39-37(43)24-23-32-31-15-8-10-18-38(31)44-40(32)39;1-3-7-11-9(5-1)10-6-2-4-8-12(10)13-11/h1-25H,26,41H2;1-8,13H/b34-25-,42-35?;. The van der Waals surface area contributed by atoms with Crippen molar-refractivity contribution < 1.29 is 0 Å². The molecule has 3 N–H and O–H groups in total. The Balaban J connectivity index is 0.000000256. The van der Waals surface area contributed by atoms with Crippen LogP contribution in [-0.4, -0.2) is 15.3 Å². The van der Waals surface area contributed by atoms with Crippen LogP contribution in [0.5, 0.6) is 0 Å². The lowest BCUT2D eigenvalue weighted by Gasteiger charge is -2.11. The second kappa shape index (κ2) is 14.8. The number of rotatable bonds is 6. The number of hydrogen-bond acceptors (Lipinski definition) is 3. The number of para-hydroxylation sites is 3. The second-order valence-corrected chi connectivity index (χ2v) is 15.3. The third-order valence-electron chi connectivity index (χ3n) is 10.7. The molecule has 0 aliphatic heterocycles. The maximum atomic E-state index is 6.58. The highest BCUT2D eigenvalue weighted by atomic mass is 32.1. The van der Waals surface area contributed by atoms with E-state index in [0.29, 0.717) is 12.2 Å². The van der Waals surface area contributed by atoms with E-state index in [4.69, 9.17) is 10.7 Å². The van der Waals surface area contributed by atoms with Crippen LogP contribution in [0, 0.1) is 0 Å². The Morgan fingerprint density at radius 3 is 1.84 bits per heavy atom. The van der Waals surface area contributed by atoms with E-state index >= 15 is 0 Å². The molecule has 4 nitrogen and oxygen atoms in total. The minimum atomic E-state index is 0.578. The molecular weight excluding hydrogens is 713 g/mol. The van der Waals surface area contributed by atoms with Crippen LogP contribution >= 0.6 is 11.3 Å². The van der Waals surface area contributed by atoms with Crippen LogP contribution in [0.2, 0.25) is 0 Å². The zero-order chi connectivity index (χ0) is 38.1. The molecule has 0 saturated heterocycles. The van der Waals surface area contributed by atoms with E-state index in [0.717, 1.165) is 28.1 Å². The maximum Gasteiger partial charge on any atom is 0.0671 e. The molecule has 0 aliphatic rings. The van der Waals surface area contributed by atoms with E-state index in [-0.39, 0.29) is 0 Å². The molecule has 11 aromatic rings. The minimum absolute atomic E-state index is 0.578. The number of aliphatic imine (C=N–C) groups is 1. The summed E-state index contributed by atoms with van der Waals surface area (Å²) in [5.41, 5.74) is 17.2. The zero-order valence-corrected chi connectivity index (χ0v) is 32.0. The van der Waals surface area contributed by atoms with Crippen molar-refractivity contribution >= 4 is 86.5 Å². The Kier molecular flexibility index (Phi) is 8.90. The number of fused-ring (bicyclic) bond motifs is 10. The summed E-state index contributed by atoms with van der Waals surface area (Å²) in [4.78, 5) is 8.41. The van der Waals surface area contributed by atoms with Gasteiger partial charge >= 0.3 is 0 Å². The fourth-order valence-corrected chi connectivity index (χ4v) is 9.19. The molecule has 0 fully saturated rings. The first-order chi connectivity index (χ1) is 28.2. The molecule has 11 rings (SSSR count). The van der Waals surface area contributed by atoms with Gasteiger partial charge < -0.3 is 15.3 Å². The minimum Gasteiger partial charge on any atom is -0.398 e. The molecule has 0 aliphatic carbocycles. The molecule has 3 aromatic heterocycles. The van der Waals surface area contributed by atoms with Crippen LogP contribution in [0.25, 0.3) is 75.2 Å². The summed E-state index contributed by atoms with van der Waals surface area (Å²) in [6.45, 7) is 0.578. The lowest BCUT2D eigenvalue weighted by molar-refractivity contribution is 1.07. The topological polar surface area (TPSA) is 59.1 Å². The lowest BCUT2D eigenvalue weighted by atomic mass is 10.1. The summed E-state index contributed by atoms with van der Waals surface area (Å²) in [5.74, 6) is 0. The van der Waals surface area contributed by atoms with Crippen molar-refractivity contribution in [2.75, 3.05) is 0 Å². The Bertz CT molecular complexity index is 3210. The van der Waals surface area contributed by atoms with Crippen LogP contribution in [0.1, 0.15) is 16.7 Å². The normalized spacial score (nSPS) is 12.2. The number of H-pyrrole nitrogens is 1. The van der Waals surface area contributed by atoms with Crippen LogP contribution in [0.3, 0.4) is 0 Å². The van der Waals surface area contributed by atoms with Crippen molar-refractivity contribution in [3.8, 4) is 5.69 Å². The van der Waals surface area contributed by atoms with E-state index < -0.39 is 0 Å². The number of allylic oxidation sites excluding steroid dienone is 1. The fourth-order valence-electron chi connectivity index (χ4n) is 7.93. The predicted molar refractivity (Wildman–Crippen MR) is 245 cm³/mol. The third-order valence-corrected chi connectivity index (χ3v) is 11.9. The highest BCUT2D eigenvalue weighted by Gasteiger charge is 2.17.